The SMILES string of the molecule is CCNC(=NCc1nc(-c2ccccc2)cs1)NCC(C)(O)CN1CCOCC1.I. The highest BCUT2D eigenvalue weighted by Crippen LogP contribution is 2.21. The molecule has 166 valence electrons. The van der Waals surface area contributed by atoms with Crippen molar-refractivity contribution in [3.05, 3.63) is 40.7 Å². The van der Waals surface area contributed by atoms with E-state index in [2.05, 4.69) is 43.0 Å². The second-order valence-electron chi connectivity index (χ2n) is 7.43. The van der Waals surface area contributed by atoms with Gasteiger partial charge in [-0.3, -0.25) is 4.90 Å². The monoisotopic (exact) mass is 545 g/mol. The molecule has 9 heteroatoms. The molecule has 2 heterocycles. The van der Waals surface area contributed by atoms with Crippen LogP contribution in [-0.4, -0.2) is 72.5 Å². The molecule has 1 saturated heterocycles. The first-order chi connectivity index (χ1) is 14.1. The molecule has 1 aromatic heterocycles. The van der Waals surface area contributed by atoms with Gasteiger partial charge in [-0.15, -0.1) is 35.3 Å². The van der Waals surface area contributed by atoms with Gasteiger partial charge in [-0.1, -0.05) is 30.3 Å². The number of guanidine groups is 1. The number of hydrogen-bond acceptors (Lipinski definition) is 6. The lowest BCUT2D eigenvalue weighted by Gasteiger charge is -2.34. The lowest BCUT2D eigenvalue weighted by molar-refractivity contribution is -0.0201. The minimum absolute atomic E-state index is 0. The zero-order chi connectivity index (χ0) is 20.5. The van der Waals surface area contributed by atoms with E-state index in [1.165, 1.54) is 0 Å². The normalized spacial score (nSPS) is 17.1. The Kier molecular flexibility index (Phi) is 10.5. The Morgan fingerprint density at radius 3 is 2.70 bits per heavy atom. The summed E-state index contributed by atoms with van der Waals surface area (Å²) < 4.78 is 5.38. The van der Waals surface area contributed by atoms with Crippen molar-refractivity contribution in [3.63, 3.8) is 0 Å². The van der Waals surface area contributed by atoms with Crippen LogP contribution >= 0.6 is 35.3 Å². The topological polar surface area (TPSA) is 82.0 Å². The number of thiazole rings is 1. The number of aliphatic imine (C=N–C) groups is 1. The summed E-state index contributed by atoms with van der Waals surface area (Å²) in [4.78, 5) is 11.6. The van der Waals surface area contributed by atoms with Crippen LogP contribution in [-0.2, 0) is 11.3 Å². The van der Waals surface area contributed by atoms with Crippen LogP contribution in [0.3, 0.4) is 0 Å². The molecule has 3 rings (SSSR count). The van der Waals surface area contributed by atoms with Crippen molar-refractivity contribution in [3.8, 4) is 11.3 Å². The second kappa shape index (κ2) is 12.6. The number of rotatable bonds is 8. The molecule has 1 atom stereocenters. The van der Waals surface area contributed by atoms with Crippen molar-refractivity contribution in [2.45, 2.75) is 26.0 Å². The average molecular weight is 545 g/mol. The third-order valence-electron chi connectivity index (χ3n) is 4.64. The van der Waals surface area contributed by atoms with Crippen LogP contribution in [0, 0.1) is 0 Å². The van der Waals surface area contributed by atoms with Gasteiger partial charge in [0.1, 0.15) is 5.01 Å². The number of nitrogens with zero attached hydrogens (tertiary/aromatic N) is 3. The van der Waals surface area contributed by atoms with Crippen molar-refractivity contribution >= 4 is 41.3 Å². The third kappa shape index (κ3) is 8.10. The Morgan fingerprint density at radius 1 is 1.27 bits per heavy atom. The van der Waals surface area contributed by atoms with E-state index >= 15 is 0 Å². The highest BCUT2D eigenvalue weighted by atomic mass is 127. The number of morpholine rings is 1. The van der Waals surface area contributed by atoms with Gasteiger partial charge in [0.2, 0.25) is 0 Å². The molecule has 2 aromatic rings. The summed E-state index contributed by atoms with van der Waals surface area (Å²) in [5, 5.41) is 20.3. The first-order valence-corrected chi connectivity index (χ1v) is 11.0. The maximum absolute atomic E-state index is 10.8. The van der Waals surface area contributed by atoms with Crippen LogP contribution < -0.4 is 10.6 Å². The van der Waals surface area contributed by atoms with Crippen LogP contribution in [0.2, 0.25) is 0 Å². The predicted octanol–water partition coefficient (Wildman–Crippen LogP) is 2.57. The van der Waals surface area contributed by atoms with E-state index in [4.69, 9.17) is 4.74 Å². The fraction of sp³-hybridized carbons (Fsp3) is 0.524. The zero-order valence-electron chi connectivity index (χ0n) is 17.6. The van der Waals surface area contributed by atoms with E-state index in [1.54, 1.807) is 11.3 Å². The van der Waals surface area contributed by atoms with E-state index in [0.29, 0.717) is 25.6 Å². The molecule has 1 fully saturated rings. The largest absolute Gasteiger partial charge is 0.387 e. The first kappa shape index (κ1) is 25.0. The second-order valence-corrected chi connectivity index (χ2v) is 8.37. The molecule has 1 unspecified atom stereocenters. The number of β-amino-alcohol motifs (C(OH)–C–C–N with tert-alkyl or cyclic N) is 1. The van der Waals surface area contributed by atoms with Gasteiger partial charge >= 0.3 is 0 Å². The lowest BCUT2D eigenvalue weighted by atomic mass is 10.1. The summed E-state index contributed by atoms with van der Waals surface area (Å²) in [6, 6.07) is 10.2. The Labute approximate surface area is 200 Å². The van der Waals surface area contributed by atoms with Gasteiger partial charge in [0.15, 0.2) is 5.96 Å². The minimum Gasteiger partial charge on any atom is -0.387 e. The molecule has 0 radical (unpaired) electrons. The third-order valence-corrected chi connectivity index (χ3v) is 5.48. The number of aliphatic hydroxyl groups is 1. The quantitative estimate of drug-likeness (QED) is 0.269. The van der Waals surface area contributed by atoms with Crippen LogP contribution in [0.25, 0.3) is 11.3 Å². The number of hydrogen-bond donors (Lipinski definition) is 3. The molecule has 7 nitrogen and oxygen atoms in total. The van der Waals surface area contributed by atoms with E-state index in [9.17, 15) is 5.11 Å². The molecule has 1 aliphatic rings. The molecule has 0 spiro atoms. The Balaban J connectivity index is 0.00000320. The van der Waals surface area contributed by atoms with E-state index < -0.39 is 5.60 Å². The first-order valence-electron chi connectivity index (χ1n) is 10.1. The molecule has 1 aliphatic heterocycles. The smallest absolute Gasteiger partial charge is 0.191 e. The molecule has 30 heavy (non-hydrogen) atoms. The van der Waals surface area contributed by atoms with Crippen molar-refractivity contribution in [2.75, 3.05) is 45.9 Å². The van der Waals surface area contributed by atoms with Crippen molar-refractivity contribution in [1.82, 2.24) is 20.5 Å². The Hall–Kier alpha value is -1.27. The van der Waals surface area contributed by atoms with Gasteiger partial charge in [-0.25, -0.2) is 9.98 Å². The molecule has 0 aliphatic carbocycles. The van der Waals surface area contributed by atoms with Crippen LogP contribution in [0.4, 0.5) is 0 Å². The molecule has 1 aromatic carbocycles. The summed E-state index contributed by atoms with van der Waals surface area (Å²) in [5.74, 6) is 0.686. The van der Waals surface area contributed by atoms with Gasteiger partial charge in [0.05, 0.1) is 31.1 Å². The number of ether oxygens (including phenoxy) is 1. The molecule has 0 bridgehead atoms. The van der Waals surface area contributed by atoms with Crippen LogP contribution in [0.15, 0.2) is 40.7 Å². The fourth-order valence-electron chi connectivity index (χ4n) is 3.18. The highest BCUT2D eigenvalue weighted by Gasteiger charge is 2.25. The van der Waals surface area contributed by atoms with Crippen LogP contribution in [0.1, 0.15) is 18.9 Å². The zero-order valence-corrected chi connectivity index (χ0v) is 20.8. The fourth-order valence-corrected chi connectivity index (χ4v) is 3.91. The summed E-state index contributed by atoms with van der Waals surface area (Å²) >= 11 is 1.61. The van der Waals surface area contributed by atoms with Gasteiger partial charge in [-0.05, 0) is 13.8 Å². The Bertz CT molecular complexity index is 779. The van der Waals surface area contributed by atoms with Gasteiger partial charge in [0.25, 0.3) is 0 Å². The number of aromatic nitrogens is 1. The maximum atomic E-state index is 10.8. The molecule has 0 saturated carbocycles. The van der Waals surface area contributed by atoms with Crippen LogP contribution in [0.5, 0.6) is 0 Å². The summed E-state index contributed by atoms with van der Waals surface area (Å²) in [5.41, 5.74) is 1.24. The Morgan fingerprint density at radius 2 is 2.00 bits per heavy atom. The molecule has 3 N–H and O–H groups in total. The van der Waals surface area contributed by atoms with Gasteiger partial charge in [0, 0.05) is 43.7 Å². The average Bonchev–Trinajstić information content (AvgIpc) is 3.20. The standard InChI is InChI=1S/C21H31N5O2S.HI/c1-3-22-20(24-15-21(2,27)16-26-9-11-28-12-10-26)23-13-19-25-18(14-29-19)17-7-5-4-6-8-17;/h4-8,14,27H,3,9-13,15-16H2,1-2H3,(H2,22,23,24);1H. The van der Waals surface area contributed by atoms with Gasteiger partial charge < -0.3 is 20.5 Å². The van der Waals surface area contributed by atoms with E-state index in [1.807, 2.05) is 32.0 Å². The van der Waals surface area contributed by atoms with E-state index in [-0.39, 0.29) is 24.0 Å². The van der Waals surface area contributed by atoms with E-state index in [0.717, 1.165) is 49.1 Å². The number of halogens is 1. The number of benzene rings is 1. The predicted molar refractivity (Wildman–Crippen MR) is 134 cm³/mol. The van der Waals surface area contributed by atoms with Crippen molar-refractivity contribution in [1.29, 1.82) is 0 Å². The van der Waals surface area contributed by atoms with Crippen molar-refractivity contribution in [2.24, 2.45) is 4.99 Å². The molecular weight excluding hydrogens is 513 g/mol. The molecular formula is C21H32IN5O2S. The minimum atomic E-state index is -0.852. The summed E-state index contributed by atoms with van der Waals surface area (Å²) in [6.07, 6.45) is 0. The maximum Gasteiger partial charge on any atom is 0.191 e. The number of nitrogens with one attached hydrogen (secondary N) is 2. The highest BCUT2D eigenvalue weighted by molar-refractivity contribution is 14.0. The summed E-state index contributed by atoms with van der Waals surface area (Å²) in [6.45, 7) is 9.34. The van der Waals surface area contributed by atoms with Gasteiger partial charge in [-0.2, -0.15) is 0 Å². The van der Waals surface area contributed by atoms with Crippen molar-refractivity contribution < 1.29 is 9.84 Å². The summed E-state index contributed by atoms with van der Waals surface area (Å²) in [7, 11) is 0. The lowest BCUT2D eigenvalue weighted by Crippen LogP contribution is -2.52. The molecule has 0 amide bonds.